The zero-order valence-corrected chi connectivity index (χ0v) is 8.51. The summed E-state index contributed by atoms with van der Waals surface area (Å²) in [7, 11) is 0. The van der Waals surface area contributed by atoms with E-state index in [1.807, 2.05) is 6.07 Å². The number of rotatable bonds is 2. The van der Waals surface area contributed by atoms with Gasteiger partial charge in [0.05, 0.1) is 22.8 Å². The summed E-state index contributed by atoms with van der Waals surface area (Å²) in [5.74, 6) is -2.58. The number of aliphatic carboxylic acids is 1. The van der Waals surface area contributed by atoms with Gasteiger partial charge in [-0.25, -0.2) is 0 Å². The lowest BCUT2D eigenvalue weighted by molar-refractivity contribution is -0.137. The smallest absolute Gasteiger partial charge is 0.323 e. The minimum atomic E-state index is -1.26. The van der Waals surface area contributed by atoms with Gasteiger partial charge in [-0.15, -0.1) is 0 Å². The molecule has 0 saturated carbocycles. The van der Waals surface area contributed by atoms with Gasteiger partial charge < -0.3 is 5.11 Å². The molecule has 2 amide bonds. The van der Waals surface area contributed by atoms with Crippen LogP contribution in [-0.4, -0.2) is 34.3 Å². The van der Waals surface area contributed by atoms with E-state index in [1.165, 1.54) is 18.2 Å². The molecule has 1 N–H and O–H groups in total. The molecule has 1 aromatic carbocycles. The summed E-state index contributed by atoms with van der Waals surface area (Å²) in [5.41, 5.74) is 0.465. The van der Waals surface area contributed by atoms with Crippen LogP contribution >= 0.6 is 0 Å². The van der Waals surface area contributed by atoms with Crippen LogP contribution in [0, 0.1) is 11.3 Å². The van der Waals surface area contributed by atoms with Gasteiger partial charge in [0, 0.05) is 0 Å². The molecule has 1 aliphatic heterocycles. The van der Waals surface area contributed by atoms with Crippen molar-refractivity contribution < 1.29 is 19.5 Å². The summed E-state index contributed by atoms with van der Waals surface area (Å²) >= 11 is 0. The zero-order chi connectivity index (χ0) is 12.6. The number of carboxylic acids is 1. The van der Waals surface area contributed by atoms with Crippen molar-refractivity contribution in [1.82, 2.24) is 4.90 Å². The van der Waals surface area contributed by atoms with Crippen LogP contribution in [0.5, 0.6) is 0 Å². The molecule has 1 aromatic rings. The zero-order valence-electron chi connectivity index (χ0n) is 8.51. The fourth-order valence-electron chi connectivity index (χ4n) is 1.64. The van der Waals surface area contributed by atoms with Gasteiger partial charge in [-0.2, -0.15) is 5.26 Å². The van der Waals surface area contributed by atoms with Gasteiger partial charge in [0.25, 0.3) is 11.8 Å². The van der Waals surface area contributed by atoms with E-state index in [9.17, 15) is 14.4 Å². The van der Waals surface area contributed by atoms with Crippen LogP contribution < -0.4 is 0 Å². The first-order valence-corrected chi connectivity index (χ1v) is 4.66. The summed E-state index contributed by atoms with van der Waals surface area (Å²) in [6.07, 6.45) is 0. The number of carbonyl (C=O) groups excluding carboxylic acids is 2. The van der Waals surface area contributed by atoms with Crippen molar-refractivity contribution in [2.45, 2.75) is 0 Å². The SMILES string of the molecule is N#Cc1ccc2c(c1)C(=O)N(CC(=O)O)C2=O. The Morgan fingerprint density at radius 3 is 2.53 bits per heavy atom. The molecule has 0 aliphatic carbocycles. The normalized spacial score (nSPS) is 13.5. The van der Waals surface area contributed by atoms with Crippen LogP contribution in [0.4, 0.5) is 0 Å². The second-order valence-electron chi connectivity index (χ2n) is 3.46. The number of imide groups is 1. The summed E-state index contributed by atoms with van der Waals surface area (Å²) in [4.78, 5) is 34.6. The van der Waals surface area contributed by atoms with Crippen LogP contribution in [0.2, 0.25) is 0 Å². The number of carboxylic acid groups (broad SMARTS) is 1. The molecular formula is C11H6N2O4. The lowest BCUT2D eigenvalue weighted by atomic mass is 10.1. The third-order valence-electron chi connectivity index (χ3n) is 2.39. The molecule has 0 atom stereocenters. The molecular weight excluding hydrogens is 224 g/mol. The summed E-state index contributed by atoms with van der Waals surface area (Å²) in [6, 6.07) is 5.91. The fourth-order valence-corrected chi connectivity index (χ4v) is 1.64. The van der Waals surface area contributed by atoms with E-state index in [0.717, 1.165) is 0 Å². The van der Waals surface area contributed by atoms with Crippen LogP contribution in [0.1, 0.15) is 26.3 Å². The summed E-state index contributed by atoms with van der Waals surface area (Å²) < 4.78 is 0. The van der Waals surface area contributed by atoms with Gasteiger partial charge in [0.2, 0.25) is 0 Å². The average Bonchev–Trinajstić information content (AvgIpc) is 2.53. The molecule has 0 bridgehead atoms. The van der Waals surface area contributed by atoms with Gasteiger partial charge in [-0.1, -0.05) is 0 Å². The molecule has 1 aliphatic rings. The molecule has 84 valence electrons. The maximum Gasteiger partial charge on any atom is 0.323 e. The molecule has 0 fully saturated rings. The van der Waals surface area contributed by atoms with Crippen molar-refractivity contribution in [1.29, 1.82) is 5.26 Å². The van der Waals surface area contributed by atoms with Gasteiger partial charge in [0.1, 0.15) is 6.54 Å². The first kappa shape index (κ1) is 10.8. The van der Waals surface area contributed by atoms with E-state index in [-0.39, 0.29) is 16.7 Å². The molecule has 17 heavy (non-hydrogen) atoms. The quantitative estimate of drug-likeness (QED) is 0.733. The highest BCUT2D eigenvalue weighted by atomic mass is 16.4. The predicted octanol–water partition coefficient (Wildman–Crippen LogP) is 0.239. The maximum absolute atomic E-state index is 11.7. The molecule has 6 heteroatoms. The second kappa shape index (κ2) is 3.72. The first-order valence-electron chi connectivity index (χ1n) is 4.66. The van der Waals surface area contributed by atoms with Crippen molar-refractivity contribution >= 4 is 17.8 Å². The van der Waals surface area contributed by atoms with E-state index in [0.29, 0.717) is 4.90 Å². The number of carbonyl (C=O) groups is 3. The number of fused-ring (bicyclic) bond motifs is 1. The Bertz CT molecular complexity index is 586. The Kier molecular flexibility index (Phi) is 2.37. The Morgan fingerprint density at radius 2 is 1.94 bits per heavy atom. The minimum Gasteiger partial charge on any atom is -0.480 e. The molecule has 0 unspecified atom stereocenters. The third kappa shape index (κ3) is 1.63. The van der Waals surface area contributed by atoms with E-state index in [2.05, 4.69) is 0 Å². The molecule has 1 heterocycles. The van der Waals surface area contributed by atoms with Crippen molar-refractivity contribution in [3.63, 3.8) is 0 Å². The summed E-state index contributed by atoms with van der Waals surface area (Å²) in [6.45, 7) is -0.672. The minimum absolute atomic E-state index is 0.0790. The second-order valence-corrected chi connectivity index (χ2v) is 3.46. The number of hydrogen-bond donors (Lipinski definition) is 1. The van der Waals surface area contributed by atoms with Crippen molar-refractivity contribution in [3.8, 4) is 6.07 Å². The highest BCUT2D eigenvalue weighted by Gasteiger charge is 2.36. The largest absolute Gasteiger partial charge is 0.480 e. The average molecular weight is 230 g/mol. The van der Waals surface area contributed by atoms with E-state index < -0.39 is 24.3 Å². The van der Waals surface area contributed by atoms with Gasteiger partial charge >= 0.3 is 5.97 Å². The number of benzene rings is 1. The Labute approximate surface area is 95.7 Å². The Balaban J connectivity index is 2.46. The lowest BCUT2D eigenvalue weighted by Crippen LogP contribution is -2.34. The number of hydrogen-bond acceptors (Lipinski definition) is 4. The molecule has 0 spiro atoms. The van der Waals surface area contributed by atoms with E-state index >= 15 is 0 Å². The van der Waals surface area contributed by atoms with Crippen molar-refractivity contribution in [2.24, 2.45) is 0 Å². The van der Waals surface area contributed by atoms with Crippen molar-refractivity contribution in [2.75, 3.05) is 6.54 Å². The molecule has 2 rings (SSSR count). The van der Waals surface area contributed by atoms with E-state index in [1.54, 1.807) is 0 Å². The maximum atomic E-state index is 11.7. The monoisotopic (exact) mass is 230 g/mol. The molecule has 0 radical (unpaired) electrons. The van der Waals surface area contributed by atoms with Crippen LogP contribution in [0.3, 0.4) is 0 Å². The Hall–Kier alpha value is -2.68. The predicted molar refractivity (Wildman–Crippen MR) is 54.2 cm³/mol. The number of nitriles is 1. The van der Waals surface area contributed by atoms with E-state index in [4.69, 9.17) is 10.4 Å². The number of amides is 2. The Morgan fingerprint density at radius 1 is 1.29 bits per heavy atom. The molecule has 6 nitrogen and oxygen atoms in total. The lowest BCUT2D eigenvalue weighted by Gasteiger charge is -2.09. The highest BCUT2D eigenvalue weighted by molar-refractivity contribution is 6.22. The van der Waals surface area contributed by atoms with Gasteiger partial charge in [0.15, 0.2) is 0 Å². The van der Waals surface area contributed by atoms with Gasteiger partial charge in [-0.05, 0) is 18.2 Å². The van der Waals surface area contributed by atoms with Crippen LogP contribution in [0.15, 0.2) is 18.2 Å². The topological polar surface area (TPSA) is 98.5 Å². The van der Waals surface area contributed by atoms with Crippen LogP contribution in [-0.2, 0) is 4.79 Å². The fraction of sp³-hybridized carbons (Fsp3) is 0.0909. The third-order valence-corrected chi connectivity index (χ3v) is 2.39. The van der Waals surface area contributed by atoms with Crippen molar-refractivity contribution in [3.05, 3.63) is 34.9 Å². The first-order chi connectivity index (χ1) is 8.04. The van der Waals surface area contributed by atoms with Crippen LogP contribution in [0.25, 0.3) is 0 Å². The molecule has 0 saturated heterocycles. The standard InChI is InChI=1S/C11H6N2O4/c12-4-6-1-2-7-8(3-6)11(17)13(10(7)16)5-9(14)15/h1-3H,5H2,(H,14,15). The number of nitrogens with zero attached hydrogens (tertiary/aromatic N) is 2. The van der Waals surface area contributed by atoms with Gasteiger partial charge in [-0.3, -0.25) is 19.3 Å². The molecule has 0 aromatic heterocycles. The summed E-state index contributed by atoms with van der Waals surface area (Å²) in [5, 5.41) is 17.3. The highest BCUT2D eigenvalue weighted by Crippen LogP contribution is 2.23.